The van der Waals surface area contributed by atoms with Crippen molar-refractivity contribution in [3.8, 4) is 5.75 Å². The number of anilines is 1. The van der Waals surface area contributed by atoms with Crippen LogP contribution in [0.5, 0.6) is 5.75 Å². The second-order valence-electron chi connectivity index (χ2n) is 4.39. The highest BCUT2D eigenvalue weighted by atomic mass is 79.9. The Balaban J connectivity index is 2.22. The van der Waals surface area contributed by atoms with Crippen LogP contribution in [-0.2, 0) is 6.54 Å². The lowest BCUT2D eigenvalue weighted by Gasteiger charge is -2.14. The van der Waals surface area contributed by atoms with Gasteiger partial charge >= 0.3 is 0 Å². The maximum atomic E-state index is 13.1. The van der Waals surface area contributed by atoms with E-state index in [1.165, 1.54) is 12.1 Å². The van der Waals surface area contributed by atoms with Crippen LogP contribution in [0.3, 0.4) is 0 Å². The third kappa shape index (κ3) is 3.44. The van der Waals surface area contributed by atoms with Gasteiger partial charge in [0.2, 0.25) is 0 Å². The van der Waals surface area contributed by atoms with Crippen LogP contribution in [-0.4, -0.2) is 7.11 Å². The molecule has 0 aliphatic rings. The van der Waals surface area contributed by atoms with Gasteiger partial charge in [0.1, 0.15) is 5.82 Å². The molecule has 0 aliphatic carbocycles. The van der Waals surface area contributed by atoms with Crippen molar-refractivity contribution in [2.45, 2.75) is 13.5 Å². The molecule has 0 saturated heterocycles. The molecular formula is C15H14BrClFNO. The lowest BCUT2D eigenvalue weighted by molar-refractivity contribution is 0.414. The van der Waals surface area contributed by atoms with Crippen molar-refractivity contribution in [3.05, 3.63) is 56.8 Å². The SMILES string of the molecule is COc1c(Br)cc(Cl)cc1NCc1ccc(F)cc1C. The van der Waals surface area contributed by atoms with E-state index in [2.05, 4.69) is 21.2 Å². The number of halogens is 3. The summed E-state index contributed by atoms with van der Waals surface area (Å²) in [6.45, 7) is 2.44. The first-order valence-electron chi connectivity index (χ1n) is 6.03. The largest absolute Gasteiger partial charge is 0.493 e. The average Bonchev–Trinajstić information content (AvgIpc) is 2.37. The van der Waals surface area contributed by atoms with E-state index < -0.39 is 0 Å². The second kappa shape index (κ2) is 6.46. The van der Waals surface area contributed by atoms with E-state index in [1.54, 1.807) is 25.3 Å². The van der Waals surface area contributed by atoms with E-state index >= 15 is 0 Å². The fourth-order valence-corrected chi connectivity index (χ4v) is 2.92. The minimum Gasteiger partial charge on any atom is -0.493 e. The minimum atomic E-state index is -0.227. The third-order valence-electron chi connectivity index (χ3n) is 2.99. The molecule has 0 heterocycles. The smallest absolute Gasteiger partial charge is 0.156 e. The number of hydrogen-bond acceptors (Lipinski definition) is 2. The number of hydrogen-bond donors (Lipinski definition) is 1. The van der Waals surface area contributed by atoms with E-state index in [0.29, 0.717) is 17.3 Å². The van der Waals surface area contributed by atoms with Crippen LogP contribution in [0, 0.1) is 12.7 Å². The van der Waals surface area contributed by atoms with Gasteiger partial charge in [-0.15, -0.1) is 0 Å². The standard InChI is InChI=1S/C15H14BrClFNO/c1-9-5-12(18)4-3-10(9)8-19-14-7-11(17)6-13(16)15(14)20-2/h3-7,19H,8H2,1-2H3. The molecule has 2 aromatic rings. The Morgan fingerprint density at radius 1 is 1.30 bits per heavy atom. The summed E-state index contributed by atoms with van der Waals surface area (Å²) in [6.07, 6.45) is 0. The Kier molecular flexibility index (Phi) is 4.89. The molecule has 2 rings (SSSR count). The molecule has 0 spiro atoms. The summed E-state index contributed by atoms with van der Waals surface area (Å²) in [5.74, 6) is 0.462. The Hall–Kier alpha value is -1.26. The molecule has 106 valence electrons. The summed E-state index contributed by atoms with van der Waals surface area (Å²) < 4.78 is 19.2. The summed E-state index contributed by atoms with van der Waals surface area (Å²) in [4.78, 5) is 0. The van der Waals surface area contributed by atoms with Crippen molar-refractivity contribution in [1.29, 1.82) is 0 Å². The van der Waals surface area contributed by atoms with Crippen LogP contribution in [0.25, 0.3) is 0 Å². The highest BCUT2D eigenvalue weighted by molar-refractivity contribution is 9.10. The van der Waals surface area contributed by atoms with Crippen LogP contribution in [0.2, 0.25) is 5.02 Å². The van der Waals surface area contributed by atoms with Gasteiger partial charge in [0.15, 0.2) is 5.75 Å². The molecule has 0 radical (unpaired) electrons. The Bertz CT molecular complexity index is 634. The van der Waals surface area contributed by atoms with Crippen molar-refractivity contribution >= 4 is 33.2 Å². The monoisotopic (exact) mass is 357 g/mol. The summed E-state index contributed by atoms with van der Waals surface area (Å²) in [5, 5.41) is 3.87. The van der Waals surface area contributed by atoms with Gasteiger partial charge in [-0.3, -0.25) is 0 Å². The zero-order valence-corrected chi connectivity index (χ0v) is 13.5. The van der Waals surface area contributed by atoms with Gasteiger partial charge in [0.25, 0.3) is 0 Å². The van der Waals surface area contributed by atoms with Crippen molar-refractivity contribution in [2.75, 3.05) is 12.4 Å². The maximum absolute atomic E-state index is 13.1. The van der Waals surface area contributed by atoms with Gasteiger partial charge in [0, 0.05) is 11.6 Å². The molecule has 0 saturated carbocycles. The molecule has 0 atom stereocenters. The molecule has 1 N–H and O–H groups in total. The molecule has 0 fully saturated rings. The van der Waals surface area contributed by atoms with Crippen LogP contribution in [0.1, 0.15) is 11.1 Å². The number of methoxy groups -OCH3 is 1. The van der Waals surface area contributed by atoms with Crippen LogP contribution in [0.4, 0.5) is 10.1 Å². The first-order chi connectivity index (χ1) is 9.51. The Morgan fingerprint density at radius 3 is 2.70 bits per heavy atom. The Labute approximate surface area is 131 Å². The van der Waals surface area contributed by atoms with Gasteiger partial charge < -0.3 is 10.1 Å². The number of ether oxygens (including phenoxy) is 1. The molecule has 0 aliphatic heterocycles. The molecule has 0 aromatic heterocycles. The number of nitrogens with one attached hydrogen (secondary N) is 1. The van der Waals surface area contributed by atoms with Crippen LogP contribution in [0.15, 0.2) is 34.8 Å². The Morgan fingerprint density at radius 2 is 2.05 bits per heavy atom. The fourth-order valence-electron chi connectivity index (χ4n) is 1.95. The zero-order chi connectivity index (χ0) is 14.7. The normalized spacial score (nSPS) is 10.4. The average molecular weight is 359 g/mol. The van der Waals surface area contributed by atoms with Crippen LogP contribution < -0.4 is 10.1 Å². The van der Waals surface area contributed by atoms with E-state index in [0.717, 1.165) is 21.3 Å². The highest BCUT2D eigenvalue weighted by Crippen LogP contribution is 2.36. The van der Waals surface area contributed by atoms with E-state index in [4.69, 9.17) is 16.3 Å². The molecular weight excluding hydrogens is 345 g/mol. The molecule has 20 heavy (non-hydrogen) atoms. The van der Waals surface area contributed by atoms with Crippen molar-refractivity contribution in [3.63, 3.8) is 0 Å². The van der Waals surface area contributed by atoms with Crippen molar-refractivity contribution in [1.82, 2.24) is 0 Å². The first kappa shape index (κ1) is 15.1. The molecule has 0 bridgehead atoms. The van der Waals surface area contributed by atoms with Gasteiger partial charge in [-0.05, 0) is 58.2 Å². The number of rotatable bonds is 4. The second-order valence-corrected chi connectivity index (χ2v) is 5.68. The predicted octanol–water partition coefficient (Wildman–Crippen LogP) is 5.17. The molecule has 0 amide bonds. The van der Waals surface area contributed by atoms with E-state index in [-0.39, 0.29) is 5.82 Å². The van der Waals surface area contributed by atoms with Gasteiger partial charge in [0.05, 0.1) is 17.3 Å². The quantitative estimate of drug-likeness (QED) is 0.814. The molecule has 5 heteroatoms. The molecule has 2 aromatic carbocycles. The van der Waals surface area contributed by atoms with Gasteiger partial charge in [-0.1, -0.05) is 17.7 Å². The van der Waals surface area contributed by atoms with E-state index in [9.17, 15) is 4.39 Å². The minimum absolute atomic E-state index is 0.227. The highest BCUT2D eigenvalue weighted by Gasteiger charge is 2.09. The third-order valence-corrected chi connectivity index (χ3v) is 3.79. The maximum Gasteiger partial charge on any atom is 0.156 e. The summed E-state index contributed by atoms with van der Waals surface area (Å²) >= 11 is 9.45. The van der Waals surface area contributed by atoms with Crippen molar-refractivity contribution < 1.29 is 9.13 Å². The number of aryl methyl sites for hydroxylation is 1. The van der Waals surface area contributed by atoms with Gasteiger partial charge in [-0.2, -0.15) is 0 Å². The number of benzene rings is 2. The lowest BCUT2D eigenvalue weighted by atomic mass is 10.1. The van der Waals surface area contributed by atoms with E-state index in [1.807, 2.05) is 6.92 Å². The molecule has 2 nitrogen and oxygen atoms in total. The van der Waals surface area contributed by atoms with Crippen molar-refractivity contribution in [2.24, 2.45) is 0 Å². The summed E-state index contributed by atoms with van der Waals surface area (Å²) in [7, 11) is 1.60. The topological polar surface area (TPSA) is 21.3 Å². The fraction of sp³-hybridized carbons (Fsp3) is 0.200. The zero-order valence-electron chi connectivity index (χ0n) is 11.1. The first-order valence-corrected chi connectivity index (χ1v) is 7.20. The molecule has 0 unspecified atom stereocenters. The summed E-state index contributed by atoms with van der Waals surface area (Å²) in [6, 6.07) is 8.31. The lowest BCUT2D eigenvalue weighted by Crippen LogP contribution is -2.03. The van der Waals surface area contributed by atoms with Gasteiger partial charge in [-0.25, -0.2) is 4.39 Å². The predicted molar refractivity (Wildman–Crippen MR) is 84.2 cm³/mol. The summed E-state index contributed by atoms with van der Waals surface area (Å²) in [5.41, 5.74) is 2.71. The van der Waals surface area contributed by atoms with Crippen LogP contribution >= 0.6 is 27.5 Å².